The number of amides is 1. The average Bonchev–Trinajstić information content (AvgIpc) is 2.68. The molecule has 2 fully saturated rings. The third kappa shape index (κ3) is 5.21. The fourth-order valence-corrected chi connectivity index (χ4v) is 3.82. The van der Waals surface area contributed by atoms with E-state index in [4.69, 9.17) is 9.47 Å². The highest BCUT2D eigenvalue weighted by Crippen LogP contribution is 2.21. The van der Waals surface area contributed by atoms with Crippen molar-refractivity contribution in [2.75, 3.05) is 46.0 Å². The molecule has 0 saturated carbocycles. The van der Waals surface area contributed by atoms with Crippen LogP contribution in [0.2, 0.25) is 0 Å². The first-order chi connectivity index (χ1) is 12.6. The number of carbonyl (C=O) groups is 1. The Labute approximate surface area is 157 Å². The molecule has 1 atom stereocenters. The average molecular weight is 360 g/mol. The van der Waals surface area contributed by atoms with Crippen molar-refractivity contribution in [3.8, 4) is 5.75 Å². The van der Waals surface area contributed by atoms with Gasteiger partial charge in [-0.05, 0) is 62.8 Å². The first-order valence-corrected chi connectivity index (χ1v) is 9.93. The zero-order valence-corrected chi connectivity index (χ0v) is 16.2. The highest BCUT2D eigenvalue weighted by Gasteiger charge is 2.27. The second-order valence-electron chi connectivity index (χ2n) is 7.51. The van der Waals surface area contributed by atoms with Gasteiger partial charge in [0.25, 0.3) is 5.91 Å². The number of aryl methyl sites for hydroxylation is 2. The molecule has 26 heavy (non-hydrogen) atoms. The molecule has 0 spiro atoms. The minimum absolute atomic E-state index is 0.120. The smallest absolute Gasteiger partial charge is 0.260 e. The molecule has 5 heteroatoms. The Morgan fingerprint density at radius 2 is 1.96 bits per heavy atom. The van der Waals surface area contributed by atoms with Gasteiger partial charge < -0.3 is 14.4 Å². The number of ether oxygens (including phenoxy) is 2. The summed E-state index contributed by atoms with van der Waals surface area (Å²) in [5, 5.41) is 0. The Balaban J connectivity index is 1.50. The van der Waals surface area contributed by atoms with Gasteiger partial charge in [-0.2, -0.15) is 0 Å². The SMILES string of the molecule is Cc1ccc(OCC(=O)N2CCCC[C@@H]2CCN2CCOCC2)cc1C. The maximum absolute atomic E-state index is 12.8. The normalized spacial score (nSPS) is 21.6. The Morgan fingerprint density at radius 3 is 2.73 bits per heavy atom. The molecular formula is C21H32N2O3. The number of likely N-dealkylation sites (tertiary alicyclic amines) is 1. The van der Waals surface area contributed by atoms with Gasteiger partial charge in [-0.3, -0.25) is 9.69 Å². The summed E-state index contributed by atoms with van der Waals surface area (Å²) in [6.07, 6.45) is 4.48. The van der Waals surface area contributed by atoms with Crippen LogP contribution >= 0.6 is 0 Å². The van der Waals surface area contributed by atoms with Crippen molar-refractivity contribution in [1.29, 1.82) is 0 Å². The van der Waals surface area contributed by atoms with Gasteiger partial charge in [-0.25, -0.2) is 0 Å². The van der Waals surface area contributed by atoms with Crippen molar-refractivity contribution >= 4 is 5.91 Å². The number of hydrogen-bond donors (Lipinski definition) is 0. The zero-order valence-electron chi connectivity index (χ0n) is 16.2. The molecule has 0 aromatic heterocycles. The van der Waals surface area contributed by atoms with Crippen LogP contribution in [0.5, 0.6) is 5.75 Å². The van der Waals surface area contributed by atoms with Crippen LogP contribution in [0.15, 0.2) is 18.2 Å². The van der Waals surface area contributed by atoms with E-state index in [0.717, 1.165) is 64.4 Å². The van der Waals surface area contributed by atoms with E-state index in [-0.39, 0.29) is 12.5 Å². The molecule has 5 nitrogen and oxygen atoms in total. The van der Waals surface area contributed by atoms with Crippen molar-refractivity contribution in [1.82, 2.24) is 9.80 Å². The van der Waals surface area contributed by atoms with Crippen LogP contribution in [-0.4, -0.2) is 67.7 Å². The van der Waals surface area contributed by atoms with Crippen LogP contribution in [0.3, 0.4) is 0 Å². The lowest BCUT2D eigenvalue weighted by molar-refractivity contribution is -0.137. The van der Waals surface area contributed by atoms with E-state index in [1.54, 1.807) is 0 Å². The molecule has 2 heterocycles. The van der Waals surface area contributed by atoms with Crippen molar-refractivity contribution in [2.45, 2.75) is 45.6 Å². The van der Waals surface area contributed by atoms with Gasteiger partial charge >= 0.3 is 0 Å². The molecule has 2 aliphatic heterocycles. The molecule has 1 amide bonds. The third-order valence-corrected chi connectivity index (χ3v) is 5.67. The highest BCUT2D eigenvalue weighted by molar-refractivity contribution is 5.78. The number of piperidine rings is 1. The van der Waals surface area contributed by atoms with E-state index in [1.165, 1.54) is 17.5 Å². The van der Waals surface area contributed by atoms with Crippen LogP contribution in [0, 0.1) is 13.8 Å². The molecule has 2 aliphatic rings. The predicted octanol–water partition coefficient (Wildman–Crippen LogP) is 2.79. The van der Waals surface area contributed by atoms with E-state index in [0.29, 0.717) is 6.04 Å². The van der Waals surface area contributed by atoms with Crippen molar-refractivity contribution < 1.29 is 14.3 Å². The summed E-state index contributed by atoms with van der Waals surface area (Å²) in [6, 6.07) is 6.35. The molecule has 0 N–H and O–H groups in total. The van der Waals surface area contributed by atoms with Crippen molar-refractivity contribution in [3.63, 3.8) is 0 Å². The van der Waals surface area contributed by atoms with E-state index in [2.05, 4.69) is 23.6 Å². The van der Waals surface area contributed by atoms with Gasteiger partial charge in [0.05, 0.1) is 13.2 Å². The summed E-state index contributed by atoms with van der Waals surface area (Å²) < 4.78 is 11.2. The van der Waals surface area contributed by atoms with Gasteiger partial charge in [-0.15, -0.1) is 0 Å². The third-order valence-electron chi connectivity index (χ3n) is 5.67. The Kier molecular flexibility index (Phi) is 6.92. The fourth-order valence-electron chi connectivity index (χ4n) is 3.82. The van der Waals surface area contributed by atoms with Crippen LogP contribution in [0.1, 0.15) is 36.8 Å². The summed E-state index contributed by atoms with van der Waals surface area (Å²) in [5.74, 6) is 0.901. The maximum atomic E-state index is 12.8. The van der Waals surface area contributed by atoms with E-state index in [1.807, 2.05) is 18.2 Å². The van der Waals surface area contributed by atoms with Gasteiger partial charge in [0.2, 0.25) is 0 Å². The first-order valence-electron chi connectivity index (χ1n) is 9.93. The minimum Gasteiger partial charge on any atom is -0.484 e. The van der Waals surface area contributed by atoms with Gasteiger partial charge in [-0.1, -0.05) is 6.07 Å². The van der Waals surface area contributed by atoms with E-state index in [9.17, 15) is 4.79 Å². The van der Waals surface area contributed by atoms with Gasteiger partial charge in [0, 0.05) is 32.2 Å². The highest BCUT2D eigenvalue weighted by atomic mass is 16.5. The van der Waals surface area contributed by atoms with Gasteiger partial charge in [0.15, 0.2) is 6.61 Å². The lowest BCUT2D eigenvalue weighted by atomic mass is 9.99. The fraction of sp³-hybridized carbons (Fsp3) is 0.667. The topological polar surface area (TPSA) is 42.0 Å². The monoisotopic (exact) mass is 360 g/mol. The summed E-state index contributed by atoms with van der Waals surface area (Å²) in [4.78, 5) is 17.3. The molecule has 0 unspecified atom stereocenters. The predicted molar refractivity (Wildman–Crippen MR) is 103 cm³/mol. The maximum Gasteiger partial charge on any atom is 0.260 e. The van der Waals surface area contributed by atoms with E-state index >= 15 is 0 Å². The van der Waals surface area contributed by atoms with Crippen LogP contribution < -0.4 is 4.74 Å². The number of morpholine rings is 1. The lowest BCUT2D eigenvalue weighted by Crippen LogP contribution is -2.47. The molecule has 0 radical (unpaired) electrons. The number of hydrogen-bond acceptors (Lipinski definition) is 4. The second kappa shape index (κ2) is 9.38. The zero-order chi connectivity index (χ0) is 18.4. The Bertz CT molecular complexity index is 599. The summed E-state index contributed by atoms with van der Waals surface area (Å²) in [6.45, 7) is 9.88. The first kappa shape index (κ1) is 19.2. The molecular weight excluding hydrogens is 328 g/mol. The summed E-state index contributed by atoms with van der Waals surface area (Å²) >= 11 is 0. The largest absolute Gasteiger partial charge is 0.484 e. The Hall–Kier alpha value is -1.59. The number of rotatable bonds is 6. The van der Waals surface area contributed by atoms with Crippen molar-refractivity contribution in [2.24, 2.45) is 0 Å². The number of nitrogens with zero attached hydrogens (tertiary/aromatic N) is 2. The molecule has 144 valence electrons. The van der Waals surface area contributed by atoms with Crippen LogP contribution in [-0.2, 0) is 9.53 Å². The van der Waals surface area contributed by atoms with Crippen molar-refractivity contribution in [3.05, 3.63) is 29.3 Å². The van der Waals surface area contributed by atoms with Crippen LogP contribution in [0.4, 0.5) is 0 Å². The molecule has 0 aliphatic carbocycles. The molecule has 1 aromatic rings. The second-order valence-corrected chi connectivity index (χ2v) is 7.51. The molecule has 0 bridgehead atoms. The number of benzene rings is 1. The number of carbonyl (C=O) groups excluding carboxylic acids is 1. The Morgan fingerprint density at radius 1 is 1.15 bits per heavy atom. The summed E-state index contributed by atoms with van der Waals surface area (Å²) in [7, 11) is 0. The lowest BCUT2D eigenvalue weighted by Gasteiger charge is -2.37. The van der Waals surface area contributed by atoms with Crippen LogP contribution in [0.25, 0.3) is 0 Å². The quantitative estimate of drug-likeness (QED) is 0.782. The van der Waals surface area contributed by atoms with E-state index < -0.39 is 0 Å². The minimum atomic E-state index is 0.120. The van der Waals surface area contributed by atoms with Gasteiger partial charge in [0.1, 0.15) is 5.75 Å². The summed E-state index contributed by atoms with van der Waals surface area (Å²) in [5.41, 5.74) is 2.43. The molecule has 1 aromatic carbocycles. The molecule has 3 rings (SSSR count). The standard InChI is InChI=1S/C21H32N2O3/c1-17-6-7-20(15-18(17)2)26-16-21(24)23-9-4-3-5-19(23)8-10-22-11-13-25-14-12-22/h6-7,15,19H,3-5,8-14,16H2,1-2H3/t19-/m1/s1. The molecule has 2 saturated heterocycles.